The van der Waals surface area contributed by atoms with Crippen LogP contribution in [-0.2, 0) is 9.53 Å². The minimum absolute atomic E-state index is 0.223. The summed E-state index contributed by atoms with van der Waals surface area (Å²) in [6.07, 6.45) is -0.0340. The lowest BCUT2D eigenvalue weighted by Gasteiger charge is -2.21. The minimum Gasteiger partial charge on any atom is -0.489 e. The number of fused-ring (bicyclic) bond motifs is 2. The molecule has 0 amide bonds. The Labute approximate surface area is 148 Å². The third-order valence-corrected chi connectivity index (χ3v) is 3.91. The first-order valence-electron chi connectivity index (χ1n) is 8.62. The van der Waals surface area contributed by atoms with Gasteiger partial charge in [-0.15, -0.1) is 0 Å². The molecule has 1 atom stereocenters. The van der Waals surface area contributed by atoms with Gasteiger partial charge in [-0.1, -0.05) is 36.4 Å². The van der Waals surface area contributed by atoms with Gasteiger partial charge in [0.25, 0.3) is 0 Å². The summed E-state index contributed by atoms with van der Waals surface area (Å²) in [5.41, 5.74) is -0.477. The van der Waals surface area contributed by atoms with Crippen LogP contribution in [0.3, 0.4) is 0 Å². The molecule has 0 aliphatic heterocycles. The van der Waals surface area contributed by atoms with Crippen molar-refractivity contribution in [1.29, 1.82) is 0 Å². The third-order valence-electron chi connectivity index (χ3n) is 3.91. The van der Waals surface area contributed by atoms with E-state index in [2.05, 4.69) is 30.3 Å². The van der Waals surface area contributed by atoms with Gasteiger partial charge in [-0.25, -0.2) is 0 Å². The lowest BCUT2D eigenvalue weighted by Crippen LogP contribution is -2.27. The number of ether oxygens (including phenoxy) is 2. The SMILES string of the molecule is CC(CC(=O)OC(C)(C)C)Oc1cccc2cc3ccccc3cc12. The highest BCUT2D eigenvalue weighted by Crippen LogP contribution is 2.30. The average Bonchev–Trinajstić information content (AvgIpc) is 2.51. The van der Waals surface area contributed by atoms with Gasteiger partial charge in [0.15, 0.2) is 0 Å². The highest BCUT2D eigenvalue weighted by Gasteiger charge is 2.19. The van der Waals surface area contributed by atoms with Crippen molar-refractivity contribution in [2.24, 2.45) is 0 Å². The fourth-order valence-electron chi connectivity index (χ4n) is 2.92. The van der Waals surface area contributed by atoms with E-state index in [-0.39, 0.29) is 18.5 Å². The van der Waals surface area contributed by atoms with E-state index in [4.69, 9.17) is 9.47 Å². The van der Waals surface area contributed by atoms with Gasteiger partial charge in [0.1, 0.15) is 17.5 Å². The summed E-state index contributed by atoms with van der Waals surface area (Å²) in [5, 5.41) is 4.55. The van der Waals surface area contributed by atoms with Crippen LogP contribution in [-0.4, -0.2) is 17.7 Å². The van der Waals surface area contributed by atoms with Crippen LogP contribution in [0, 0.1) is 0 Å². The molecule has 0 bridgehead atoms. The molecule has 3 aromatic carbocycles. The van der Waals surface area contributed by atoms with Gasteiger partial charge >= 0.3 is 5.97 Å². The number of esters is 1. The lowest BCUT2D eigenvalue weighted by atomic mass is 10.0. The monoisotopic (exact) mass is 336 g/mol. The lowest BCUT2D eigenvalue weighted by molar-refractivity contribution is -0.156. The van der Waals surface area contributed by atoms with Gasteiger partial charge in [0.2, 0.25) is 0 Å². The Morgan fingerprint density at radius 3 is 2.28 bits per heavy atom. The Kier molecular flexibility index (Phi) is 4.67. The molecule has 3 rings (SSSR count). The predicted molar refractivity (Wildman–Crippen MR) is 102 cm³/mol. The van der Waals surface area contributed by atoms with Gasteiger partial charge < -0.3 is 9.47 Å². The van der Waals surface area contributed by atoms with Crippen LogP contribution in [0.1, 0.15) is 34.1 Å². The molecule has 0 aliphatic carbocycles. The first-order valence-corrected chi connectivity index (χ1v) is 8.62. The highest BCUT2D eigenvalue weighted by molar-refractivity contribution is 6.00. The van der Waals surface area contributed by atoms with E-state index < -0.39 is 5.60 Å². The van der Waals surface area contributed by atoms with Crippen molar-refractivity contribution in [1.82, 2.24) is 0 Å². The highest BCUT2D eigenvalue weighted by atomic mass is 16.6. The second-order valence-corrected chi connectivity index (χ2v) is 7.40. The van der Waals surface area contributed by atoms with Gasteiger partial charge in [-0.05, 0) is 62.1 Å². The van der Waals surface area contributed by atoms with Gasteiger partial charge in [-0.3, -0.25) is 4.79 Å². The van der Waals surface area contributed by atoms with Crippen molar-refractivity contribution < 1.29 is 14.3 Å². The van der Waals surface area contributed by atoms with E-state index in [0.717, 1.165) is 16.5 Å². The van der Waals surface area contributed by atoms with E-state index in [1.807, 2.05) is 52.0 Å². The minimum atomic E-state index is -0.477. The zero-order chi connectivity index (χ0) is 18.0. The summed E-state index contributed by atoms with van der Waals surface area (Å²) >= 11 is 0. The quantitative estimate of drug-likeness (QED) is 0.467. The van der Waals surface area contributed by atoms with Crippen molar-refractivity contribution in [2.75, 3.05) is 0 Å². The largest absolute Gasteiger partial charge is 0.489 e. The first kappa shape index (κ1) is 17.3. The molecule has 0 radical (unpaired) electrons. The van der Waals surface area contributed by atoms with E-state index >= 15 is 0 Å². The second kappa shape index (κ2) is 6.75. The standard InChI is InChI=1S/C22H24O3/c1-15(12-21(23)25-22(2,3)4)24-20-11-7-10-18-13-16-8-5-6-9-17(16)14-19(18)20/h5-11,13-15H,12H2,1-4H3. The topological polar surface area (TPSA) is 35.5 Å². The molecule has 3 heteroatoms. The van der Waals surface area contributed by atoms with E-state index in [1.54, 1.807) is 0 Å². The van der Waals surface area contributed by atoms with Crippen LogP contribution < -0.4 is 4.74 Å². The summed E-state index contributed by atoms with van der Waals surface area (Å²) < 4.78 is 11.4. The van der Waals surface area contributed by atoms with Crippen molar-refractivity contribution >= 4 is 27.5 Å². The van der Waals surface area contributed by atoms with Crippen molar-refractivity contribution in [3.63, 3.8) is 0 Å². The molecule has 3 nitrogen and oxygen atoms in total. The molecule has 0 N–H and O–H groups in total. The fourth-order valence-corrected chi connectivity index (χ4v) is 2.92. The molecule has 0 saturated carbocycles. The normalized spacial score (nSPS) is 13.0. The van der Waals surface area contributed by atoms with E-state index in [0.29, 0.717) is 0 Å². The maximum absolute atomic E-state index is 12.0. The van der Waals surface area contributed by atoms with Crippen molar-refractivity contribution in [3.05, 3.63) is 54.6 Å². The zero-order valence-electron chi connectivity index (χ0n) is 15.2. The Hall–Kier alpha value is -2.55. The summed E-state index contributed by atoms with van der Waals surface area (Å²) in [7, 11) is 0. The number of carbonyl (C=O) groups excluding carboxylic acids is 1. The Bertz CT molecular complexity index is 906. The zero-order valence-corrected chi connectivity index (χ0v) is 15.2. The van der Waals surface area contributed by atoms with Crippen molar-refractivity contribution in [3.8, 4) is 5.75 Å². The van der Waals surface area contributed by atoms with Crippen molar-refractivity contribution in [2.45, 2.75) is 45.8 Å². The van der Waals surface area contributed by atoms with Gasteiger partial charge in [0, 0.05) is 5.39 Å². The Morgan fingerprint density at radius 1 is 0.960 bits per heavy atom. The number of carbonyl (C=O) groups is 1. The molecule has 0 saturated heterocycles. The third kappa shape index (κ3) is 4.30. The second-order valence-electron chi connectivity index (χ2n) is 7.40. The molecule has 130 valence electrons. The molecule has 1 unspecified atom stereocenters. The summed E-state index contributed by atoms with van der Waals surface area (Å²) in [6, 6.07) is 18.6. The predicted octanol–water partition coefficient (Wildman–Crippen LogP) is 5.49. The number of benzene rings is 3. The molecule has 0 aromatic heterocycles. The van der Waals surface area contributed by atoms with E-state index in [9.17, 15) is 4.79 Å². The fraction of sp³-hybridized carbons (Fsp3) is 0.318. The van der Waals surface area contributed by atoms with Crippen LogP contribution in [0.15, 0.2) is 54.6 Å². The van der Waals surface area contributed by atoms with Crippen LogP contribution in [0.2, 0.25) is 0 Å². The maximum Gasteiger partial charge on any atom is 0.310 e. The van der Waals surface area contributed by atoms with Crippen LogP contribution in [0.5, 0.6) is 5.75 Å². The summed E-state index contributed by atoms with van der Waals surface area (Å²) in [5.74, 6) is 0.546. The van der Waals surface area contributed by atoms with Gasteiger partial charge in [0.05, 0.1) is 6.42 Å². The number of hydrogen-bond acceptors (Lipinski definition) is 3. The van der Waals surface area contributed by atoms with Crippen LogP contribution in [0.25, 0.3) is 21.5 Å². The van der Waals surface area contributed by atoms with Crippen LogP contribution >= 0.6 is 0 Å². The number of rotatable bonds is 4. The molecule has 0 spiro atoms. The summed E-state index contributed by atoms with van der Waals surface area (Å²) in [4.78, 5) is 12.0. The molecule has 0 fully saturated rings. The molecular formula is C22H24O3. The Balaban J connectivity index is 1.83. The average molecular weight is 336 g/mol. The molecular weight excluding hydrogens is 312 g/mol. The molecule has 0 heterocycles. The van der Waals surface area contributed by atoms with E-state index in [1.165, 1.54) is 10.8 Å². The smallest absolute Gasteiger partial charge is 0.310 e. The first-order chi connectivity index (χ1) is 11.8. The summed E-state index contributed by atoms with van der Waals surface area (Å²) in [6.45, 7) is 7.49. The molecule has 0 aliphatic rings. The molecule has 3 aromatic rings. The maximum atomic E-state index is 12.0. The Morgan fingerprint density at radius 2 is 1.60 bits per heavy atom. The van der Waals surface area contributed by atoms with Gasteiger partial charge in [-0.2, -0.15) is 0 Å². The van der Waals surface area contributed by atoms with Crippen LogP contribution in [0.4, 0.5) is 0 Å². The molecule has 25 heavy (non-hydrogen) atoms. The number of hydrogen-bond donors (Lipinski definition) is 0.